The molecule has 0 rings (SSSR count). The fourth-order valence-electron chi connectivity index (χ4n) is 1.72. The van der Waals surface area contributed by atoms with Gasteiger partial charge in [0.1, 0.15) is 6.04 Å². The zero-order valence-corrected chi connectivity index (χ0v) is 14.7. The van der Waals surface area contributed by atoms with Crippen LogP contribution >= 0.6 is 0 Å². The maximum Gasteiger partial charge on any atom is 0.405 e. The van der Waals surface area contributed by atoms with Crippen LogP contribution in [0.1, 0.15) is 54.4 Å². The first kappa shape index (κ1) is 21.4. The number of carbonyl (C=O) groups is 1. The van der Waals surface area contributed by atoms with E-state index in [9.17, 15) is 22.2 Å². The van der Waals surface area contributed by atoms with Gasteiger partial charge in [-0.2, -0.15) is 13.2 Å². The van der Waals surface area contributed by atoms with Crippen LogP contribution in [0.15, 0.2) is 0 Å². The molecule has 8 heteroatoms. The molecule has 1 N–H and O–H groups in total. The van der Waals surface area contributed by atoms with Crippen molar-refractivity contribution < 1.29 is 26.9 Å². The summed E-state index contributed by atoms with van der Waals surface area (Å²) in [5, 5.41) is 0. The molecule has 0 heterocycles. The van der Waals surface area contributed by atoms with Gasteiger partial charge in [0.15, 0.2) is 0 Å². The van der Waals surface area contributed by atoms with E-state index in [1.807, 2.05) is 0 Å². The molecule has 0 bridgehead atoms. The Morgan fingerprint density at radius 1 is 1.23 bits per heavy atom. The predicted molar refractivity (Wildman–Crippen MR) is 80.5 cm³/mol. The molecule has 0 aliphatic rings. The second-order valence-corrected chi connectivity index (χ2v) is 8.40. The maximum atomic E-state index is 13.3. The van der Waals surface area contributed by atoms with Gasteiger partial charge in [-0.1, -0.05) is 13.3 Å². The lowest BCUT2D eigenvalue weighted by molar-refractivity contribution is -0.181. The number of hydrogen-bond donors (Lipinski definition) is 1. The van der Waals surface area contributed by atoms with Crippen molar-refractivity contribution >= 4 is 17.0 Å². The Balaban J connectivity index is 5.42. The van der Waals surface area contributed by atoms with Crippen LogP contribution in [-0.4, -0.2) is 33.2 Å². The summed E-state index contributed by atoms with van der Waals surface area (Å²) < 4.78 is 58.2. The van der Waals surface area contributed by atoms with E-state index in [2.05, 4.69) is 4.72 Å². The lowest BCUT2D eigenvalue weighted by Gasteiger charge is -2.31. The second-order valence-electron chi connectivity index (χ2n) is 6.40. The number of halogens is 3. The van der Waals surface area contributed by atoms with Crippen molar-refractivity contribution in [1.29, 1.82) is 0 Å². The fraction of sp³-hybridized carbons (Fsp3) is 0.929. The minimum atomic E-state index is -4.70. The monoisotopic (exact) mass is 345 g/mol. The molecule has 0 aromatic heterocycles. The van der Waals surface area contributed by atoms with E-state index in [1.54, 1.807) is 41.5 Å². The van der Waals surface area contributed by atoms with Crippen LogP contribution in [0.4, 0.5) is 13.2 Å². The number of alkyl halides is 3. The summed E-state index contributed by atoms with van der Waals surface area (Å²) in [6.45, 7) is 9.51. The van der Waals surface area contributed by atoms with Gasteiger partial charge in [-0.15, -0.1) is 0 Å². The van der Waals surface area contributed by atoms with Crippen LogP contribution in [0.25, 0.3) is 0 Å². The van der Waals surface area contributed by atoms with Gasteiger partial charge < -0.3 is 4.74 Å². The highest BCUT2D eigenvalue weighted by Crippen LogP contribution is 2.30. The fourth-order valence-corrected chi connectivity index (χ4v) is 2.60. The third kappa shape index (κ3) is 7.09. The minimum Gasteiger partial charge on any atom is -0.463 e. The highest BCUT2D eigenvalue weighted by atomic mass is 32.2. The van der Waals surface area contributed by atoms with Crippen LogP contribution in [0.5, 0.6) is 0 Å². The lowest BCUT2D eigenvalue weighted by Crippen LogP contribution is -2.53. The van der Waals surface area contributed by atoms with Gasteiger partial charge in [-0.3, -0.25) is 4.79 Å². The third-order valence-electron chi connectivity index (χ3n) is 2.80. The average Bonchev–Trinajstić information content (AvgIpc) is 2.29. The zero-order valence-electron chi connectivity index (χ0n) is 13.9. The number of ether oxygens (including phenoxy) is 1. The molecular weight excluding hydrogens is 319 g/mol. The first-order chi connectivity index (χ1) is 9.80. The normalized spacial score (nSPS) is 17.2. The second kappa shape index (κ2) is 8.29. The molecule has 0 fully saturated rings. The summed E-state index contributed by atoms with van der Waals surface area (Å²) >= 11 is 0. The number of nitrogens with one attached hydrogen (secondary N) is 1. The molecule has 0 saturated heterocycles. The molecule has 0 aromatic rings. The molecule has 4 nitrogen and oxygen atoms in total. The van der Waals surface area contributed by atoms with E-state index >= 15 is 0 Å². The van der Waals surface area contributed by atoms with E-state index in [0.717, 1.165) is 0 Å². The third-order valence-corrected chi connectivity index (χ3v) is 4.38. The van der Waals surface area contributed by atoms with Crippen LogP contribution in [0.3, 0.4) is 0 Å². The first-order valence-corrected chi connectivity index (χ1v) is 8.41. The zero-order chi connectivity index (χ0) is 17.7. The van der Waals surface area contributed by atoms with Crippen molar-refractivity contribution in [2.24, 2.45) is 5.92 Å². The van der Waals surface area contributed by atoms with E-state index in [1.165, 1.54) is 0 Å². The Kier molecular flexibility index (Phi) is 8.05. The number of carbonyl (C=O) groups excluding carboxylic acids is 1. The van der Waals surface area contributed by atoms with Gasteiger partial charge in [0.05, 0.1) is 27.8 Å². The molecule has 22 heavy (non-hydrogen) atoms. The molecule has 0 aliphatic heterocycles. The smallest absolute Gasteiger partial charge is 0.405 e. The molecule has 132 valence electrons. The summed E-state index contributed by atoms with van der Waals surface area (Å²) in [7, 11) is -1.95. The lowest BCUT2D eigenvalue weighted by atomic mass is 9.95. The van der Waals surface area contributed by atoms with Gasteiger partial charge in [-0.25, -0.2) is 8.93 Å². The summed E-state index contributed by atoms with van der Waals surface area (Å²) in [5.74, 6) is -2.34. The number of rotatable bonds is 7. The summed E-state index contributed by atoms with van der Waals surface area (Å²) in [4.78, 5) is 12.0. The van der Waals surface area contributed by atoms with Gasteiger partial charge in [0.2, 0.25) is 0 Å². The quantitative estimate of drug-likeness (QED) is 0.720. The van der Waals surface area contributed by atoms with Crippen molar-refractivity contribution in [3.05, 3.63) is 0 Å². The molecule has 0 radical (unpaired) electrons. The Labute approximate surface area is 132 Å². The molecular formula is C14H26F3NO3S. The molecule has 0 amide bonds. The SMILES string of the molecule is CCC[C@H](C(=O)OC(C)C)[C@H](N[S@@](=O)C(C)(C)C)C(F)(F)F. The van der Waals surface area contributed by atoms with E-state index < -0.39 is 45.9 Å². The highest BCUT2D eigenvalue weighted by Gasteiger charge is 2.49. The van der Waals surface area contributed by atoms with E-state index in [-0.39, 0.29) is 6.42 Å². The van der Waals surface area contributed by atoms with Gasteiger partial charge in [0, 0.05) is 0 Å². The first-order valence-electron chi connectivity index (χ1n) is 7.26. The van der Waals surface area contributed by atoms with Crippen LogP contribution in [0, 0.1) is 5.92 Å². The highest BCUT2D eigenvalue weighted by molar-refractivity contribution is 7.84. The maximum absolute atomic E-state index is 13.3. The van der Waals surface area contributed by atoms with Crippen molar-refractivity contribution in [2.45, 2.75) is 77.5 Å². The Hall–Kier alpha value is -0.630. The van der Waals surface area contributed by atoms with Crippen LogP contribution in [0.2, 0.25) is 0 Å². The van der Waals surface area contributed by atoms with E-state index in [0.29, 0.717) is 6.42 Å². The topological polar surface area (TPSA) is 55.4 Å². The van der Waals surface area contributed by atoms with Crippen molar-refractivity contribution in [3.8, 4) is 0 Å². The van der Waals surface area contributed by atoms with Gasteiger partial charge in [-0.05, 0) is 41.0 Å². The van der Waals surface area contributed by atoms with Gasteiger partial charge >= 0.3 is 12.1 Å². The number of esters is 1. The van der Waals surface area contributed by atoms with Crippen LogP contribution < -0.4 is 4.72 Å². The summed E-state index contributed by atoms with van der Waals surface area (Å²) in [6.07, 6.45) is -4.82. The van der Waals surface area contributed by atoms with Crippen molar-refractivity contribution in [3.63, 3.8) is 0 Å². The average molecular weight is 345 g/mol. The Morgan fingerprint density at radius 3 is 2.05 bits per heavy atom. The number of hydrogen-bond acceptors (Lipinski definition) is 3. The molecule has 0 saturated carbocycles. The Bertz CT molecular complexity index is 392. The molecule has 0 aliphatic carbocycles. The van der Waals surface area contributed by atoms with Crippen molar-refractivity contribution in [1.82, 2.24) is 4.72 Å². The molecule has 3 atom stereocenters. The van der Waals surface area contributed by atoms with Crippen molar-refractivity contribution in [2.75, 3.05) is 0 Å². The largest absolute Gasteiger partial charge is 0.463 e. The standard InChI is InChI=1S/C14H26F3NO3S/c1-7-8-10(12(19)21-9(2)3)11(14(15,16)17)18-22(20)13(4,5)6/h9-11,18H,7-8H2,1-6H3/t10-,11-,22-/m0/s1. The van der Waals surface area contributed by atoms with Crippen LogP contribution in [-0.2, 0) is 20.5 Å². The predicted octanol–water partition coefficient (Wildman–Crippen LogP) is 3.34. The van der Waals surface area contributed by atoms with E-state index in [4.69, 9.17) is 4.74 Å². The summed E-state index contributed by atoms with van der Waals surface area (Å²) in [5.41, 5.74) is 0. The molecule has 0 unspecified atom stereocenters. The molecule has 0 spiro atoms. The Morgan fingerprint density at radius 2 is 1.73 bits per heavy atom. The van der Waals surface area contributed by atoms with Gasteiger partial charge in [0.25, 0.3) is 0 Å². The molecule has 0 aromatic carbocycles. The summed E-state index contributed by atoms with van der Waals surface area (Å²) in [6, 6.07) is -2.20. The minimum absolute atomic E-state index is 0.00404.